The van der Waals surface area contributed by atoms with Crippen LogP contribution in [-0.4, -0.2) is 0 Å². The smallest absolute Gasteiger partial charge is 0.0187 e. The normalized spacial score (nSPS) is 12.0. The standard InChI is InChI=1S/C5H11S/c1-5(2,3)4-6/h4,6H,1-3H3. The molecule has 0 rings (SSSR count). The van der Waals surface area contributed by atoms with Crippen molar-refractivity contribution >= 4 is 12.6 Å². The van der Waals surface area contributed by atoms with Crippen molar-refractivity contribution in [3.63, 3.8) is 0 Å². The first kappa shape index (κ1) is 6.35. The van der Waals surface area contributed by atoms with E-state index in [2.05, 4.69) is 33.4 Å². The highest BCUT2D eigenvalue weighted by Gasteiger charge is 2.04. The van der Waals surface area contributed by atoms with Gasteiger partial charge in [0.25, 0.3) is 0 Å². The summed E-state index contributed by atoms with van der Waals surface area (Å²) < 4.78 is 0. The van der Waals surface area contributed by atoms with Gasteiger partial charge in [0.15, 0.2) is 0 Å². The molecule has 0 unspecified atom stereocenters. The lowest BCUT2D eigenvalue weighted by Gasteiger charge is -2.11. The van der Waals surface area contributed by atoms with Crippen LogP contribution in [0.5, 0.6) is 0 Å². The molecule has 0 aliphatic rings. The molecule has 6 heavy (non-hydrogen) atoms. The molecule has 1 radical (unpaired) electrons. The first-order valence-electron chi connectivity index (χ1n) is 2.05. The first-order valence-corrected chi connectivity index (χ1v) is 2.56. The molecule has 0 fully saturated rings. The third-order valence-corrected chi connectivity index (χ3v) is 1.16. The molecular weight excluding hydrogens is 92.1 g/mol. The van der Waals surface area contributed by atoms with E-state index in [4.69, 9.17) is 0 Å². The molecule has 0 heterocycles. The summed E-state index contributed by atoms with van der Waals surface area (Å²) in [5.41, 5.74) is 0.281. The van der Waals surface area contributed by atoms with Gasteiger partial charge in [0, 0.05) is 5.75 Å². The van der Waals surface area contributed by atoms with Crippen LogP contribution in [0.15, 0.2) is 0 Å². The maximum absolute atomic E-state index is 3.98. The van der Waals surface area contributed by atoms with Crippen molar-refractivity contribution in [1.82, 2.24) is 0 Å². The number of thiol groups is 1. The first-order chi connectivity index (χ1) is 2.56. The minimum atomic E-state index is 0.281. The zero-order valence-corrected chi connectivity index (χ0v) is 5.42. The van der Waals surface area contributed by atoms with E-state index in [1.807, 2.05) is 5.75 Å². The molecule has 0 bridgehead atoms. The Morgan fingerprint density at radius 2 is 1.50 bits per heavy atom. The minimum Gasteiger partial charge on any atom is -0.174 e. The maximum Gasteiger partial charge on any atom is 0.0187 e. The molecule has 37 valence electrons. The summed E-state index contributed by atoms with van der Waals surface area (Å²) >= 11 is 3.98. The second kappa shape index (κ2) is 1.87. The third-order valence-electron chi connectivity index (χ3n) is 0.387. The number of hydrogen-bond donors (Lipinski definition) is 1. The van der Waals surface area contributed by atoms with Crippen molar-refractivity contribution in [2.45, 2.75) is 20.8 Å². The van der Waals surface area contributed by atoms with Crippen molar-refractivity contribution in [1.29, 1.82) is 0 Å². The lowest BCUT2D eigenvalue weighted by Crippen LogP contribution is -1.99. The molecule has 0 saturated carbocycles. The van der Waals surface area contributed by atoms with Gasteiger partial charge >= 0.3 is 0 Å². The maximum atomic E-state index is 3.98. The summed E-state index contributed by atoms with van der Waals surface area (Å²) in [6.45, 7) is 6.33. The van der Waals surface area contributed by atoms with E-state index in [1.54, 1.807) is 0 Å². The monoisotopic (exact) mass is 103 g/mol. The van der Waals surface area contributed by atoms with Crippen molar-refractivity contribution in [3.05, 3.63) is 5.75 Å². The second-order valence-corrected chi connectivity index (χ2v) is 2.75. The molecule has 0 N–H and O–H groups in total. The summed E-state index contributed by atoms with van der Waals surface area (Å²) in [6.07, 6.45) is 0. The predicted molar refractivity (Wildman–Crippen MR) is 32.7 cm³/mol. The number of rotatable bonds is 0. The molecule has 0 saturated heterocycles. The van der Waals surface area contributed by atoms with Crippen LogP contribution < -0.4 is 0 Å². The van der Waals surface area contributed by atoms with Crippen molar-refractivity contribution in [2.24, 2.45) is 5.41 Å². The van der Waals surface area contributed by atoms with Crippen molar-refractivity contribution < 1.29 is 0 Å². The summed E-state index contributed by atoms with van der Waals surface area (Å²) in [5.74, 6) is 1.88. The molecule has 0 aromatic rings. The molecule has 0 nitrogen and oxygen atoms in total. The Labute approximate surface area is 45.4 Å². The van der Waals surface area contributed by atoms with Crippen LogP contribution >= 0.6 is 12.6 Å². The van der Waals surface area contributed by atoms with Gasteiger partial charge in [-0.3, -0.25) is 0 Å². The minimum absolute atomic E-state index is 0.281. The fraction of sp³-hybridized carbons (Fsp3) is 0.800. The summed E-state index contributed by atoms with van der Waals surface area (Å²) in [4.78, 5) is 0. The average Bonchev–Trinajstić information content (AvgIpc) is 1.35. The highest BCUT2D eigenvalue weighted by atomic mass is 32.1. The Bertz CT molecular complexity index is 33.7. The Kier molecular flexibility index (Phi) is 1.98. The van der Waals surface area contributed by atoms with Gasteiger partial charge in [0.2, 0.25) is 0 Å². The predicted octanol–water partition coefficient (Wildman–Crippen LogP) is 2.12. The van der Waals surface area contributed by atoms with Crippen LogP contribution in [0.4, 0.5) is 0 Å². The van der Waals surface area contributed by atoms with E-state index in [0.29, 0.717) is 0 Å². The highest BCUT2D eigenvalue weighted by Crippen LogP contribution is 2.18. The van der Waals surface area contributed by atoms with Crippen LogP contribution in [0.1, 0.15) is 20.8 Å². The molecule has 0 aliphatic carbocycles. The van der Waals surface area contributed by atoms with E-state index in [1.165, 1.54) is 0 Å². The van der Waals surface area contributed by atoms with E-state index in [-0.39, 0.29) is 5.41 Å². The Hall–Kier alpha value is 0.350. The van der Waals surface area contributed by atoms with Gasteiger partial charge in [-0.05, 0) is 5.41 Å². The summed E-state index contributed by atoms with van der Waals surface area (Å²) in [7, 11) is 0. The van der Waals surface area contributed by atoms with Crippen LogP contribution in [0.25, 0.3) is 0 Å². The SMILES string of the molecule is CC(C)(C)[CH]S. The molecule has 0 atom stereocenters. The quantitative estimate of drug-likeness (QED) is 0.446. The Morgan fingerprint density at radius 3 is 1.50 bits per heavy atom. The van der Waals surface area contributed by atoms with E-state index < -0.39 is 0 Å². The zero-order chi connectivity index (χ0) is 5.21. The Morgan fingerprint density at radius 1 is 1.33 bits per heavy atom. The van der Waals surface area contributed by atoms with E-state index in [9.17, 15) is 0 Å². The Balaban J connectivity index is 3.17. The second-order valence-electron chi connectivity index (χ2n) is 2.50. The van der Waals surface area contributed by atoms with Crippen molar-refractivity contribution in [2.75, 3.05) is 0 Å². The highest BCUT2D eigenvalue weighted by molar-refractivity contribution is 7.82. The average molecular weight is 103 g/mol. The van der Waals surface area contributed by atoms with Gasteiger partial charge in [-0.1, -0.05) is 20.8 Å². The van der Waals surface area contributed by atoms with Crippen LogP contribution in [0, 0.1) is 11.2 Å². The zero-order valence-electron chi connectivity index (χ0n) is 4.52. The van der Waals surface area contributed by atoms with Gasteiger partial charge in [0.1, 0.15) is 0 Å². The fourth-order valence-electron chi connectivity index (χ4n) is 0. The van der Waals surface area contributed by atoms with E-state index >= 15 is 0 Å². The van der Waals surface area contributed by atoms with Crippen LogP contribution in [0.2, 0.25) is 0 Å². The van der Waals surface area contributed by atoms with Gasteiger partial charge in [0.05, 0.1) is 0 Å². The van der Waals surface area contributed by atoms with Crippen LogP contribution in [-0.2, 0) is 0 Å². The lowest BCUT2D eigenvalue weighted by molar-refractivity contribution is 0.528. The molecule has 0 amide bonds. The van der Waals surface area contributed by atoms with Gasteiger partial charge < -0.3 is 0 Å². The topological polar surface area (TPSA) is 0 Å². The van der Waals surface area contributed by atoms with Crippen LogP contribution in [0.3, 0.4) is 0 Å². The van der Waals surface area contributed by atoms with Gasteiger partial charge in [-0.25, -0.2) is 0 Å². The molecule has 0 spiro atoms. The number of hydrogen-bond acceptors (Lipinski definition) is 1. The fourth-order valence-corrected chi connectivity index (χ4v) is 0. The van der Waals surface area contributed by atoms with E-state index in [0.717, 1.165) is 0 Å². The largest absolute Gasteiger partial charge is 0.174 e. The lowest BCUT2D eigenvalue weighted by atomic mass is 10.0. The van der Waals surface area contributed by atoms with Crippen molar-refractivity contribution in [3.8, 4) is 0 Å². The summed E-state index contributed by atoms with van der Waals surface area (Å²) in [5, 5.41) is 0. The molecule has 0 aromatic heterocycles. The molecular formula is C5H11S. The third kappa shape index (κ3) is 4.35. The summed E-state index contributed by atoms with van der Waals surface area (Å²) in [6, 6.07) is 0. The molecule has 0 aliphatic heterocycles. The molecule has 0 aromatic carbocycles. The van der Waals surface area contributed by atoms with Gasteiger partial charge in [-0.15, -0.1) is 0 Å². The molecule has 1 heteroatoms. The van der Waals surface area contributed by atoms with Gasteiger partial charge in [-0.2, -0.15) is 12.6 Å².